The number of hydrogen-bond acceptors (Lipinski definition) is 5. The lowest BCUT2D eigenvalue weighted by Crippen LogP contribution is -2.12. The third-order valence-electron chi connectivity index (χ3n) is 3.74. The number of carbonyl (C=O) groups excluding carboxylic acids is 1. The lowest BCUT2D eigenvalue weighted by atomic mass is 10.1. The maximum Gasteiger partial charge on any atom is 0.251 e. The summed E-state index contributed by atoms with van der Waals surface area (Å²) in [5.41, 5.74) is 7.34. The number of halogens is 2. The molecule has 0 bridgehead atoms. The van der Waals surface area contributed by atoms with Crippen LogP contribution < -0.4 is 11.1 Å². The predicted octanol–water partition coefficient (Wildman–Crippen LogP) is 4.88. The first-order valence-electron chi connectivity index (χ1n) is 8.13. The summed E-state index contributed by atoms with van der Waals surface area (Å²) in [6, 6.07) is 12.3. The molecule has 4 N–H and O–H groups in total. The van der Waals surface area contributed by atoms with E-state index in [-0.39, 0.29) is 0 Å². The minimum atomic E-state index is -0.557. The Bertz CT molecular complexity index is 989. The fraction of sp³-hybridized carbons (Fsp3) is 0.158. The number of pyridine rings is 1. The van der Waals surface area contributed by atoms with Crippen molar-refractivity contribution in [3.05, 3.63) is 63.8 Å². The van der Waals surface area contributed by atoms with Gasteiger partial charge >= 0.3 is 0 Å². The quantitative estimate of drug-likeness (QED) is 0.528. The minimum Gasteiger partial charge on any atom is -0.393 e. The number of primary amides is 1. The molecule has 1 atom stereocenters. The molecule has 0 fully saturated rings. The van der Waals surface area contributed by atoms with Gasteiger partial charge < -0.3 is 16.2 Å². The number of nitrogens with two attached hydrogens (primary N) is 1. The van der Waals surface area contributed by atoms with Crippen molar-refractivity contribution in [1.29, 1.82) is 0 Å². The number of amides is 1. The van der Waals surface area contributed by atoms with Crippen LogP contribution in [0, 0.1) is 0 Å². The fourth-order valence-corrected chi connectivity index (χ4v) is 4.12. The number of benzene rings is 1. The van der Waals surface area contributed by atoms with E-state index in [4.69, 9.17) is 28.9 Å². The van der Waals surface area contributed by atoms with Gasteiger partial charge in [-0.3, -0.25) is 4.79 Å². The zero-order valence-corrected chi connectivity index (χ0v) is 16.7. The van der Waals surface area contributed by atoms with Crippen LogP contribution in [0.3, 0.4) is 0 Å². The maximum atomic E-state index is 11.9. The Morgan fingerprint density at radius 3 is 2.78 bits per heavy atom. The first-order chi connectivity index (χ1) is 12.8. The number of anilines is 2. The van der Waals surface area contributed by atoms with Gasteiger partial charge in [-0.15, -0.1) is 11.3 Å². The minimum absolute atomic E-state index is 0.341. The molecule has 5 nitrogen and oxygen atoms in total. The number of aliphatic hydroxyl groups is 1. The van der Waals surface area contributed by atoms with Gasteiger partial charge in [-0.25, -0.2) is 4.98 Å². The first kappa shape index (κ1) is 19.6. The molecule has 0 aliphatic rings. The smallest absolute Gasteiger partial charge is 0.251 e. The van der Waals surface area contributed by atoms with Crippen LogP contribution >= 0.6 is 34.5 Å². The third-order valence-corrected chi connectivity index (χ3v) is 5.39. The van der Waals surface area contributed by atoms with Gasteiger partial charge in [0.2, 0.25) is 0 Å². The van der Waals surface area contributed by atoms with Gasteiger partial charge in [0, 0.05) is 32.6 Å². The molecular weight excluding hydrogens is 405 g/mol. The topological polar surface area (TPSA) is 88.2 Å². The molecular formula is C19H17Cl2N3O2S. The summed E-state index contributed by atoms with van der Waals surface area (Å²) in [5.74, 6) is -0.000438. The Hall–Kier alpha value is -2.12. The Kier molecular flexibility index (Phi) is 6.01. The van der Waals surface area contributed by atoms with E-state index in [0.29, 0.717) is 32.8 Å². The van der Waals surface area contributed by atoms with Crippen molar-refractivity contribution < 1.29 is 9.90 Å². The van der Waals surface area contributed by atoms with Gasteiger partial charge in [-0.05, 0) is 43.3 Å². The highest BCUT2D eigenvalue weighted by Crippen LogP contribution is 2.40. The van der Waals surface area contributed by atoms with Crippen molar-refractivity contribution in [3.8, 4) is 10.4 Å². The molecule has 2 heterocycles. The van der Waals surface area contributed by atoms with Crippen LogP contribution in [-0.4, -0.2) is 22.1 Å². The normalized spacial score (nSPS) is 12.0. The molecule has 0 aliphatic heterocycles. The maximum absolute atomic E-state index is 11.9. The van der Waals surface area contributed by atoms with Gasteiger partial charge in [0.25, 0.3) is 5.91 Å². The van der Waals surface area contributed by atoms with Gasteiger partial charge in [0.15, 0.2) is 0 Å². The molecule has 27 heavy (non-hydrogen) atoms. The molecule has 1 unspecified atom stereocenters. The van der Waals surface area contributed by atoms with E-state index in [9.17, 15) is 9.90 Å². The summed E-state index contributed by atoms with van der Waals surface area (Å²) >= 11 is 13.7. The molecule has 3 aromatic rings. The number of aromatic nitrogens is 1. The third kappa shape index (κ3) is 4.78. The van der Waals surface area contributed by atoms with Crippen molar-refractivity contribution >= 4 is 51.3 Å². The summed E-state index contributed by atoms with van der Waals surface area (Å²) in [5, 5.41) is 14.3. The molecule has 0 saturated heterocycles. The number of thiophene rings is 1. The number of nitrogens with one attached hydrogen (secondary N) is 1. The largest absolute Gasteiger partial charge is 0.393 e. The SMILES string of the molecule is CC(O)Cc1cccc(Nc2sc(-c3cc(Cl)ccc3Cl)cc2C(N)=O)n1. The molecule has 3 rings (SSSR count). The predicted molar refractivity (Wildman–Crippen MR) is 111 cm³/mol. The summed E-state index contributed by atoms with van der Waals surface area (Å²) in [6.07, 6.45) is -0.0568. The Balaban J connectivity index is 1.97. The summed E-state index contributed by atoms with van der Waals surface area (Å²) in [7, 11) is 0. The van der Waals surface area contributed by atoms with Crippen molar-refractivity contribution in [3.63, 3.8) is 0 Å². The van der Waals surface area contributed by atoms with Crippen LogP contribution in [0.5, 0.6) is 0 Å². The highest BCUT2D eigenvalue weighted by molar-refractivity contribution is 7.20. The van der Waals surface area contributed by atoms with E-state index in [1.54, 1.807) is 37.3 Å². The second-order valence-electron chi connectivity index (χ2n) is 6.03. The number of rotatable bonds is 6. The average Bonchev–Trinajstić information content (AvgIpc) is 3.00. The van der Waals surface area contributed by atoms with E-state index in [1.807, 2.05) is 12.1 Å². The van der Waals surface area contributed by atoms with Crippen LogP contribution in [0.4, 0.5) is 10.8 Å². The van der Waals surface area contributed by atoms with E-state index < -0.39 is 12.0 Å². The molecule has 140 valence electrons. The molecule has 0 radical (unpaired) electrons. The Morgan fingerprint density at radius 1 is 1.30 bits per heavy atom. The van der Waals surface area contributed by atoms with Crippen LogP contribution in [0.15, 0.2) is 42.5 Å². The van der Waals surface area contributed by atoms with Crippen molar-refractivity contribution in [2.45, 2.75) is 19.4 Å². The monoisotopic (exact) mass is 421 g/mol. The Labute approximate surface area is 170 Å². The number of carbonyl (C=O) groups is 1. The van der Waals surface area contributed by atoms with E-state index in [0.717, 1.165) is 16.1 Å². The molecule has 0 spiro atoms. The number of aliphatic hydroxyl groups excluding tert-OH is 1. The lowest BCUT2D eigenvalue weighted by molar-refractivity contribution is 0.100. The highest BCUT2D eigenvalue weighted by Gasteiger charge is 2.17. The fourth-order valence-electron chi connectivity index (χ4n) is 2.57. The Morgan fingerprint density at radius 2 is 2.07 bits per heavy atom. The first-order valence-corrected chi connectivity index (χ1v) is 9.71. The van der Waals surface area contributed by atoms with Gasteiger partial charge in [-0.1, -0.05) is 29.3 Å². The van der Waals surface area contributed by atoms with Crippen LogP contribution in [-0.2, 0) is 6.42 Å². The number of nitrogens with zero attached hydrogens (tertiary/aromatic N) is 1. The second-order valence-corrected chi connectivity index (χ2v) is 7.93. The zero-order chi connectivity index (χ0) is 19.6. The van der Waals surface area contributed by atoms with Crippen LogP contribution in [0.25, 0.3) is 10.4 Å². The van der Waals surface area contributed by atoms with E-state index in [1.165, 1.54) is 11.3 Å². The van der Waals surface area contributed by atoms with E-state index in [2.05, 4.69) is 10.3 Å². The van der Waals surface area contributed by atoms with Crippen molar-refractivity contribution in [1.82, 2.24) is 4.98 Å². The molecule has 8 heteroatoms. The van der Waals surface area contributed by atoms with Crippen LogP contribution in [0.2, 0.25) is 10.0 Å². The van der Waals surface area contributed by atoms with Gasteiger partial charge in [0.05, 0.1) is 11.7 Å². The summed E-state index contributed by atoms with van der Waals surface area (Å²) in [4.78, 5) is 17.1. The lowest BCUT2D eigenvalue weighted by Gasteiger charge is -2.08. The summed E-state index contributed by atoms with van der Waals surface area (Å²) in [6.45, 7) is 1.70. The number of hydrogen-bond donors (Lipinski definition) is 3. The van der Waals surface area contributed by atoms with E-state index >= 15 is 0 Å². The second kappa shape index (κ2) is 8.27. The highest BCUT2D eigenvalue weighted by atomic mass is 35.5. The molecule has 2 aromatic heterocycles. The van der Waals surface area contributed by atoms with Gasteiger partial charge in [-0.2, -0.15) is 0 Å². The molecule has 1 aromatic carbocycles. The average molecular weight is 422 g/mol. The van der Waals surface area contributed by atoms with Crippen molar-refractivity contribution in [2.75, 3.05) is 5.32 Å². The summed E-state index contributed by atoms with van der Waals surface area (Å²) < 4.78 is 0. The van der Waals surface area contributed by atoms with Crippen LogP contribution in [0.1, 0.15) is 23.0 Å². The molecule has 1 amide bonds. The standard InChI is InChI=1S/C19H17Cl2N3O2S/c1-10(25)7-12-3-2-4-17(23-12)24-19-14(18(22)26)9-16(27-19)13-8-11(20)5-6-15(13)21/h2-6,8-10,25H,7H2,1H3,(H2,22,26)(H,23,24). The zero-order valence-electron chi connectivity index (χ0n) is 14.4. The van der Waals surface area contributed by atoms with Crippen molar-refractivity contribution in [2.24, 2.45) is 5.73 Å². The molecule has 0 aliphatic carbocycles. The molecule has 0 saturated carbocycles. The van der Waals surface area contributed by atoms with Gasteiger partial charge in [0.1, 0.15) is 10.8 Å².